The highest BCUT2D eigenvalue weighted by molar-refractivity contribution is 5.93. The van der Waals surface area contributed by atoms with Gasteiger partial charge in [-0.05, 0) is 13.8 Å². The van der Waals surface area contributed by atoms with Crippen molar-refractivity contribution in [1.29, 1.82) is 0 Å². The Hall–Kier alpha value is -1.85. The molecular weight excluding hydrogens is 234 g/mol. The fraction of sp³-hybridized carbons (Fsp3) is 0.583. The van der Waals surface area contributed by atoms with Crippen LogP contribution in [0.5, 0.6) is 0 Å². The highest BCUT2D eigenvalue weighted by Gasteiger charge is 2.26. The molecule has 0 aliphatic carbocycles. The van der Waals surface area contributed by atoms with E-state index < -0.39 is 0 Å². The van der Waals surface area contributed by atoms with Gasteiger partial charge in [0.15, 0.2) is 5.69 Å². The van der Waals surface area contributed by atoms with E-state index in [1.165, 1.54) is 0 Å². The molecule has 1 aliphatic rings. The first kappa shape index (κ1) is 12.6. The van der Waals surface area contributed by atoms with Crippen LogP contribution in [-0.4, -0.2) is 52.9 Å². The van der Waals surface area contributed by atoms with Crippen molar-refractivity contribution in [3.63, 3.8) is 0 Å². The number of hydrogen-bond acceptors (Lipinski definition) is 4. The third-order valence-electron chi connectivity index (χ3n) is 3.37. The first-order chi connectivity index (χ1) is 8.50. The zero-order chi connectivity index (χ0) is 13.3. The summed E-state index contributed by atoms with van der Waals surface area (Å²) in [5, 5.41) is 3.80. The molecule has 0 bridgehead atoms. The summed E-state index contributed by atoms with van der Waals surface area (Å²) in [5.74, 6) is 0.601. The van der Waals surface area contributed by atoms with E-state index in [-0.39, 0.29) is 11.8 Å². The third-order valence-corrected chi connectivity index (χ3v) is 3.37. The molecule has 2 amide bonds. The van der Waals surface area contributed by atoms with Crippen molar-refractivity contribution in [3.05, 3.63) is 17.0 Å². The normalized spacial score (nSPS) is 15.9. The molecule has 6 heteroatoms. The minimum absolute atomic E-state index is 0.0514. The Bertz CT molecular complexity index is 473. The largest absolute Gasteiger partial charge is 0.361 e. The Morgan fingerprint density at radius 3 is 2.11 bits per heavy atom. The zero-order valence-electron chi connectivity index (χ0n) is 10.9. The van der Waals surface area contributed by atoms with Crippen LogP contribution in [0.15, 0.2) is 4.52 Å². The van der Waals surface area contributed by atoms with Gasteiger partial charge in [0.05, 0.1) is 0 Å². The lowest BCUT2D eigenvalue weighted by Gasteiger charge is -2.33. The molecule has 0 unspecified atom stereocenters. The van der Waals surface area contributed by atoms with Crippen molar-refractivity contribution >= 4 is 11.8 Å². The van der Waals surface area contributed by atoms with Gasteiger partial charge in [-0.3, -0.25) is 9.59 Å². The van der Waals surface area contributed by atoms with Crippen molar-refractivity contribution in [2.75, 3.05) is 26.2 Å². The van der Waals surface area contributed by atoms with Gasteiger partial charge in [-0.2, -0.15) is 0 Å². The summed E-state index contributed by atoms with van der Waals surface area (Å²) < 4.78 is 5.00. The second kappa shape index (κ2) is 4.80. The molecule has 18 heavy (non-hydrogen) atoms. The van der Waals surface area contributed by atoms with Crippen LogP contribution >= 0.6 is 0 Å². The average Bonchev–Trinajstić information content (AvgIpc) is 2.69. The Balaban J connectivity index is 2.04. The fourth-order valence-electron chi connectivity index (χ4n) is 1.99. The smallest absolute Gasteiger partial charge is 0.276 e. The molecule has 0 radical (unpaired) electrons. The molecule has 1 aromatic heterocycles. The molecule has 1 aliphatic heterocycles. The number of carbonyl (C=O) groups is 2. The molecule has 98 valence electrons. The van der Waals surface area contributed by atoms with E-state index in [1.54, 1.807) is 23.6 Å². The minimum atomic E-state index is -0.118. The molecular formula is C12H17N3O3. The van der Waals surface area contributed by atoms with E-state index in [4.69, 9.17) is 4.52 Å². The summed E-state index contributed by atoms with van der Waals surface area (Å²) in [6, 6.07) is 0. The molecule has 1 aromatic rings. The number of piperazine rings is 1. The molecule has 2 heterocycles. The van der Waals surface area contributed by atoms with E-state index >= 15 is 0 Å². The summed E-state index contributed by atoms with van der Waals surface area (Å²) in [5.41, 5.74) is 1.16. The Morgan fingerprint density at radius 2 is 1.67 bits per heavy atom. The van der Waals surface area contributed by atoms with Gasteiger partial charge in [0.1, 0.15) is 5.76 Å². The lowest BCUT2D eigenvalue weighted by molar-refractivity contribution is -0.130. The van der Waals surface area contributed by atoms with E-state index in [9.17, 15) is 9.59 Å². The number of aryl methyl sites for hydroxylation is 1. The molecule has 1 saturated heterocycles. The number of carbonyl (C=O) groups excluding carboxylic acids is 2. The number of aromatic nitrogens is 1. The molecule has 1 fully saturated rings. The van der Waals surface area contributed by atoms with Crippen LogP contribution in [0.4, 0.5) is 0 Å². The van der Waals surface area contributed by atoms with Crippen molar-refractivity contribution in [2.45, 2.75) is 20.8 Å². The van der Waals surface area contributed by atoms with Gasteiger partial charge in [0, 0.05) is 38.7 Å². The SMILES string of the molecule is CC(=O)N1CCN(C(=O)c2noc(C)c2C)CC1. The zero-order valence-corrected chi connectivity index (χ0v) is 10.9. The highest BCUT2D eigenvalue weighted by atomic mass is 16.5. The van der Waals surface area contributed by atoms with Crippen LogP contribution in [0.1, 0.15) is 28.7 Å². The summed E-state index contributed by atoms with van der Waals surface area (Å²) >= 11 is 0. The highest BCUT2D eigenvalue weighted by Crippen LogP contribution is 2.15. The molecule has 2 rings (SSSR count). The first-order valence-electron chi connectivity index (χ1n) is 5.98. The van der Waals surface area contributed by atoms with E-state index in [0.29, 0.717) is 37.6 Å². The summed E-state index contributed by atoms with van der Waals surface area (Å²) in [6.07, 6.45) is 0. The van der Waals surface area contributed by atoms with E-state index in [0.717, 1.165) is 5.56 Å². The van der Waals surface area contributed by atoms with Crippen molar-refractivity contribution in [2.24, 2.45) is 0 Å². The predicted molar refractivity (Wildman–Crippen MR) is 64.1 cm³/mol. The Kier molecular flexibility index (Phi) is 3.36. The molecule has 6 nitrogen and oxygen atoms in total. The van der Waals surface area contributed by atoms with Gasteiger partial charge >= 0.3 is 0 Å². The average molecular weight is 251 g/mol. The molecule has 0 aromatic carbocycles. The third kappa shape index (κ3) is 2.23. The summed E-state index contributed by atoms with van der Waals surface area (Å²) in [6.45, 7) is 7.40. The summed E-state index contributed by atoms with van der Waals surface area (Å²) in [4.78, 5) is 26.9. The standard InChI is InChI=1S/C12H17N3O3/c1-8-9(2)18-13-11(8)12(17)15-6-4-14(5-7-15)10(3)16/h4-7H2,1-3H3. The minimum Gasteiger partial charge on any atom is -0.361 e. The Morgan fingerprint density at radius 1 is 1.11 bits per heavy atom. The monoisotopic (exact) mass is 251 g/mol. The maximum atomic E-state index is 12.2. The van der Waals surface area contributed by atoms with Gasteiger partial charge in [-0.25, -0.2) is 0 Å². The van der Waals surface area contributed by atoms with Gasteiger partial charge in [0.25, 0.3) is 5.91 Å². The molecule has 0 N–H and O–H groups in total. The van der Waals surface area contributed by atoms with Crippen LogP contribution in [-0.2, 0) is 4.79 Å². The number of rotatable bonds is 1. The van der Waals surface area contributed by atoms with Crippen LogP contribution in [0.25, 0.3) is 0 Å². The van der Waals surface area contributed by atoms with Gasteiger partial charge < -0.3 is 14.3 Å². The van der Waals surface area contributed by atoms with Gasteiger partial charge in [0.2, 0.25) is 5.91 Å². The molecule has 0 atom stereocenters. The lowest BCUT2D eigenvalue weighted by atomic mass is 10.2. The van der Waals surface area contributed by atoms with Crippen molar-refractivity contribution in [3.8, 4) is 0 Å². The van der Waals surface area contributed by atoms with Crippen LogP contribution in [0, 0.1) is 13.8 Å². The van der Waals surface area contributed by atoms with Crippen molar-refractivity contribution < 1.29 is 14.1 Å². The van der Waals surface area contributed by atoms with Gasteiger partial charge in [-0.1, -0.05) is 5.16 Å². The number of hydrogen-bond donors (Lipinski definition) is 0. The Labute approximate surface area is 106 Å². The summed E-state index contributed by atoms with van der Waals surface area (Å²) in [7, 11) is 0. The topological polar surface area (TPSA) is 66.7 Å². The fourth-order valence-corrected chi connectivity index (χ4v) is 1.99. The molecule has 0 saturated carbocycles. The van der Waals surface area contributed by atoms with E-state index in [2.05, 4.69) is 5.16 Å². The van der Waals surface area contributed by atoms with E-state index in [1.807, 2.05) is 6.92 Å². The van der Waals surface area contributed by atoms with Crippen molar-refractivity contribution in [1.82, 2.24) is 15.0 Å². The maximum absolute atomic E-state index is 12.2. The second-order valence-corrected chi connectivity index (χ2v) is 4.51. The number of nitrogens with zero attached hydrogens (tertiary/aromatic N) is 3. The maximum Gasteiger partial charge on any atom is 0.276 e. The van der Waals surface area contributed by atoms with Crippen LogP contribution in [0.2, 0.25) is 0 Å². The lowest BCUT2D eigenvalue weighted by Crippen LogP contribution is -2.50. The molecule has 0 spiro atoms. The predicted octanol–water partition coefficient (Wildman–Crippen LogP) is 0.596. The quantitative estimate of drug-likeness (QED) is 0.733. The first-order valence-corrected chi connectivity index (χ1v) is 5.98. The van der Waals surface area contributed by atoms with Crippen LogP contribution < -0.4 is 0 Å². The van der Waals surface area contributed by atoms with Crippen LogP contribution in [0.3, 0.4) is 0 Å². The second-order valence-electron chi connectivity index (χ2n) is 4.51. The van der Waals surface area contributed by atoms with Gasteiger partial charge in [-0.15, -0.1) is 0 Å². The number of amides is 2.